The van der Waals surface area contributed by atoms with E-state index in [-0.39, 0.29) is 12.0 Å². The first kappa shape index (κ1) is 17.5. The maximum absolute atomic E-state index is 12.5. The predicted molar refractivity (Wildman–Crippen MR) is 106 cm³/mol. The van der Waals surface area contributed by atoms with Gasteiger partial charge in [-0.1, -0.05) is 55.1 Å². The van der Waals surface area contributed by atoms with Crippen molar-refractivity contribution in [3.63, 3.8) is 0 Å². The highest BCUT2D eigenvalue weighted by Crippen LogP contribution is 2.20. The maximum atomic E-state index is 12.5. The Kier molecular flexibility index (Phi) is 5.23. The van der Waals surface area contributed by atoms with Gasteiger partial charge in [0.15, 0.2) is 0 Å². The summed E-state index contributed by atoms with van der Waals surface area (Å²) in [6.45, 7) is 7.86. The maximum Gasteiger partial charge on any atom is 0.273 e. The van der Waals surface area contributed by atoms with Crippen LogP contribution in [-0.4, -0.2) is 12.0 Å². The minimum atomic E-state index is -0.275. The van der Waals surface area contributed by atoms with Crippen LogP contribution in [0.5, 0.6) is 5.75 Å². The van der Waals surface area contributed by atoms with Crippen LogP contribution in [0, 0.1) is 0 Å². The number of hydrogen-bond acceptors (Lipinski definition) is 3. The molecular formula is C22H22N2O2. The summed E-state index contributed by atoms with van der Waals surface area (Å²) in [7, 11) is 0. The van der Waals surface area contributed by atoms with Crippen molar-refractivity contribution in [2.24, 2.45) is 0 Å². The molecule has 0 aliphatic rings. The summed E-state index contributed by atoms with van der Waals surface area (Å²) in [6, 6.07) is 21.3. The molecule has 0 unspecified atom stereocenters. The number of ether oxygens (including phenoxy) is 1. The fourth-order valence-corrected chi connectivity index (χ4v) is 2.66. The Morgan fingerprint density at radius 1 is 0.923 bits per heavy atom. The SMILES string of the molecule is C=C(NNC(=O)c1ccccc1OC(C)C)c1ccc2ccccc2c1. The second-order valence-corrected chi connectivity index (χ2v) is 6.28. The van der Waals surface area contributed by atoms with Crippen molar-refractivity contribution in [1.82, 2.24) is 10.9 Å². The van der Waals surface area contributed by atoms with Crippen LogP contribution in [0.3, 0.4) is 0 Å². The van der Waals surface area contributed by atoms with Crippen LogP contribution in [0.4, 0.5) is 0 Å². The average molecular weight is 346 g/mol. The Bertz CT molecular complexity index is 948. The number of para-hydroxylation sites is 1. The van der Waals surface area contributed by atoms with Gasteiger partial charge in [-0.2, -0.15) is 0 Å². The van der Waals surface area contributed by atoms with Gasteiger partial charge in [0.25, 0.3) is 5.91 Å². The second kappa shape index (κ2) is 7.74. The fourth-order valence-electron chi connectivity index (χ4n) is 2.66. The van der Waals surface area contributed by atoms with Crippen LogP contribution in [-0.2, 0) is 0 Å². The second-order valence-electron chi connectivity index (χ2n) is 6.28. The molecule has 0 saturated carbocycles. The molecular weight excluding hydrogens is 324 g/mol. The molecule has 132 valence electrons. The van der Waals surface area contributed by atoms with Crippen LogP contribution in [0.1, 0.15) is 29.8 Å². The van der Waals surface area contributed by atoms with E-state index in [9.17, 15) is 4.79 Å². The highest BCUT2D eigenvalue weighted by atomic mass is 16.5. The van der Waals surface area contributed by atoms with Gasteiger partial charge >= 0.3 is 0 Å². The lowest BCUT2D eigenvalue weighted by Gasteiger charge is -2.15. The van der Waals surface area contributed by atoms with Gasteiger partial charge in [0.2, 0.25) is 0 Å². The highest BCUT2D eigenvalue weighted by molar-refractivity contribution is 5.97. The summed E-state index contributed by atoms with van der Waals surface area (Å²) in [5, 5.41) is 2.28. The van der Waals surface area contributed by atoms with E-state index in [1.165, 1.54) is 0 Å². The van der Waals surface area contributed by atoms with E-state index in [1.807, 2.05) is 56.3 Å². The zero-order valence-electron chi connectivity index (χ0n) is 15.0. The first-order valence-electron chi connectivity index (χ1n) is 8.54. The molecule has 0 bridgehead atoms. The molecule has 3 aromatic carbocycles. The summed E-state index contributed by atoms with van der Waals surface area (Å²) >= 11 is 0. The normalized spacial score (nSPS) is 10.6. The van der Waals surface area contributed by atoms with Gasteiger partial charge in [-0.25, -0.2) is 0 Å². The molecule has 2 N–H and O–H groups in total. The fraction of sp³-hybridized carbons (Fsp3) is 0.136. The number of carbonyl (C=O) groups is 1. The molecule has 0 aromatic heterocycles. The number of fused-ring (bicyclic) bond motifs is 1. The van der Waals surface area contributed by atoms with Gasteiger partial charge in [0.1, 0.15) is 5.75 Å². The van der Waals surface area contributed by atoms with E-state index in [0.29, 0.717) is 17.0 Å². The Balaban J connectivity index is 1.70. The largest absolute Gasteiger partial charge is 0.490 e. The number of amides is 1. The van der Waals surface area contributed by atoms with Crippen molar-refractivity contribution in [3.8, 4) is 5.75 Å². The van der Waals surface area contributed by atoms with Crippen LogP contribution in [0.2, 0.25) is 0 Å². The van der Waals surface area contributed by atoms with Crippen LogP contribution < -0.4 is 15.6 Å². The molecule has 0 radical (unpaired) electrons. The molecule has 0 saturated heterocycles. The van der Waals surface area contributed by atoms with Gasteiger partial charge in [0.05, 0.1) is 17.4 Å². The van der Waals surface area contributed by atoms with E-state index >= 15 is 0 Å². The minimum absolute atomic E-state index is 0.00975. The minimum Gasteiger partial charge on any atom is -0.490 e. The van der Waals surface area contributed by atoms with Crippen molar-refractivity contribution in [2.75, 3.05) is 0 Å². The smallest absolute Gasteiger partial charge is 0.273 e. The van der Waals surface area contributed by atoms with Gasteiger partial charge in [-0.3, -0.25) is 15.6 Å². The number of nitrogens with one attached hydrogen (secondary N) is 2. The zero-order chi connectivity index (χ0) is 18.5. The number of carbonyl (C=O) groups excluding carboxylic acids is 1. The van der Waals surface area contributed by atoms with Crippen LogP contribution >= 0.6 is 0 Å². The summed E-state index contributed by atoms with van der Waals surface area (Å²) < 4.78 is 5.70. The first-order chi connectivity index (χ1) is 12.5. The first-order valence-corrected chi connectivity index (χ1v) is 8.54. The monoisotopic (exact) mass is 346 g/mol. The molecule has 4 heteroatoms. The third-order valence-electron chi connectivity index (χ3n) is 3.92. The van der Waals surface area contributed by atoms with E-state index in [4.69, 9.17) is 4.74 Å². The molecule has 3 aromatic rings. The van der Waals surface area contributed by atoms with E-state index in [1.54, 1.807) is 18.2 Å². The molecule has 0 aliphatic heterocycles. The molecule has 1 amide bonds. The average Bonchev–Trinajstić information content (AvgIpc) is 2.65. The Morgan fingerprint density at radius 2 is 1.62 bits per heavy atom. The lowest BCUT2D eigenvalue weighted by Crippen LogP contribution is -2.36. The third kappa shape index (κ3) is 4.03. The third-order valence-corrected chi connectivity index (χ3v) is 3.92. The Labute approximate surface area is 153 Å². The van der Waals surface area contributed by atoms with Gasteiger partial charge in [-0.15, -0.1) is 0 Å². The van der Waals surface area contributed by atoms with Crippen LogP contribution in [0.15, 0.2) is 73.3 Å². The lowest BCUT2D eigenvalue weighted by molar-refractivity contribution is 0.0936. The summed E-state index contributed by atoms with van der Waals surface area (Å²) in [5.74, 6) is 0.279. The molecule has 3 rings (SSSR count). The van der Waals surface area contributed by atoms with E-state index < -0.39 is 0 Å². The summed E-state index contributed by atoms with van der Waals surface area (Å²) in [5.41, 5.74) is 7.59. The van der Waals surface area contributed by atoms with Crippen molar-refractivity contribution >= 4 is 22.4 Å². The number of hydrogen-bond donors (Lipinski definition) is 2. The Hall–Kier alpha value is -3.27. The number of hydrazine groups is 1. The molecule has 0 heterocycles. The molecule has 0 fully saturated rings. The standard InChI is InChI=1S/C22H22N2O2/c1-15(2)26-21-11-7-6-10-20(21)22(25)24-23-16(3)18-13-12-17-8-4-5-9-19(17)14-18/h4-15,23H,3H2,1-2H3,(H,24,25). The van der Waals surface area contributed by atoms with Crippen LogP contribution in [0.25, 0.3) is 16.5 Å². The van der Waals surface area contributed by atoms with Gasteiger partial charge in [-0.05, 0) is 48.4 Å². The van der Waals surface area contributed by atoms with Crippen molar-refractivity contribution in [1.29, 1.82) is 0 Å². The predicted octanol–water partition coefficient (Wildman–Crippen LogP) is 4.53. The zero-order valence-corrected chi connectivity index (χ0v) is 15.0. The lowest BCUT2D eigenvalue weighted by atomic mass is 10.1. The summed E-state index contributed by atoms with van der Waals surface area (Å²) in [4.78, 5) is 12.5. The molecule has 4 nitrogen and oxygen atoms in total. The topological polar surface area (TPSA) is 50.4 Å². The number of rotatable bonds is 6. The van der Waals surface area contributed by atoms with E-state index in [2.05, 4.69) is 23.5 Å². The Morgan fingerprint density at radius 3 is 2.38 bits per heavy atom. The molecule has 0 atom stereocenters. The molecule has 26 heavy (non-hydrogen) atoms. The van der Waals surface area contributed by atoms with Gasteiger partial charge in [0, 0.05) is 0 Å². The molecule has 0 aliphatic carbocycles. The number of benzene rings is 3. The summed E-state index contributed by atoms with van der Waals surface area (Å²) in [6.07, 6.45) is -0.00975. The van der Waals surface area contributed by atoms with Gasteiger partial charge < -0.3 is 4.74 Å². The van der Waals surface area contributed by atoms with Crippen molar-refractivity contribution < 1.29 is 9.53 Å². The van der Waals surface area contributed by atoms with Crippen molar-refractivity contribution in [3.05, 3.63) is 84.4 Å². The quantitative estimate of drug-likeness (QED) is 0.645. The molecule has 0 spiro atoms. The highest BCUT2D eigenvalue weighted by Gasteiger charge is 2.13. The van der Waals surface area contributed by atoms with Crippen molar-refractivity contribution in [2.45, 2.75) is 20.0 Å². The van der Waals surface area contributed by atoms with E-state index in [0.717, 1.165) is 16.3 Å².